The highest BCUT2D eigenvalue weighted by Crippen LogP contribution is 2.27. The molecule has 1 saturated heterocycles. The van der Waals surface area contributed by atoms with Gasteiger partial charge < -0.3 is 10.1 Å². The molecular formula is C24H32ClN3O6S2. The average molecular weight is 558 g/mol. The summed E-state index contributed by atoms with van der Waals surface area (Å²) in [5, 5.41) is 3.07. The van der Waals surface area contributed by atoms with Crippen molar-refractivity contribution < 1.29 is 26.4 Å². The Morgan fingerprint density at radius 1 is 1.08 bits per heavy atom. The number of amides is 1. The summed E-state index contributed by atoms with van der Waals surface area (Å²) in [4.78, 5) is 12.9. The van der Waals surface area contributed by atoms with Crippen molar-refractivity contribution in [3.8, 4) is 5.75 Å². The number of ether oxygens (including phenoxy) is 1. The summed E-state index contributed by atoms with van der Waals surface area (Å²) in [7, 11) is -7.27. The van der Waals surface area contributed by atoms with E-state index in [1.807, 2.05) is 0 Å². The van der Waals surface area contributed by atoms with Crippen molar-refractivity contribution in [1.82, 2.24) is 9.62 Å². The molecule has 1 aliphatic heterocycles. The van der Waals surface area contributed by atoms with Gasteiger partial charge in [-0.25, -0.2) is 16.8 Å². The van der Waals surface area contributed by atoms with Crippen LogP contribution in [0.25, 0.3) is 0 Å². The summed E-state index contributed by atoms with van der Waals surface area (Å²) in [6, 6.07) is 9.97. The molecule has 0 bridgehead atoms. The van der Waals surface area contributed by atoms with Crippen molar-refractivity contribution >= 4 is 43.2 Å². The Kier molecular flexibility index (Phi) is 9.26. The van der Waals surface area contributed by atoms with Crippen molar-refractivity contribution in [2.24, 2.45) is 0 Å². The summed E-state index contributed by atoms with van der Waals surface area (Å²) in [5.74, 6) is -0.0364. The van der Waals surface area contributed by atoms with Crippen LogP contribution in [0.5, 0.6) is 5.75 Å². The Bertz CT molecular complexity index is 1280. The zero-order chi connectivity index (χ0) is 26.5. The molecule has 3 rings (SSSR count). The van der Waals surface area contributed by atoms with Crippen LogP contribution < -0.4 is 14.4 Å². The van der Waals surface area contributed by atoms with Gasteiger partial charge in [-0.1, -0.05) is 24.1 Å². The highest BCUT2D eigenvalue weighted by atomic mass is 35.5. The lowest BCUT2D eigenvalue weighted by molar-refractivity contribution is -0.121. The van der Waals surface area contributed by atoms with Gasteiger partial charge in [-0.05, 0) is 68.7 Å². The van der Waals surface area contributed by atoms with E-state index >= 15 is 0 Å². The maximum absolute atomic E-state index is 12.7. The lowest BCUT2D eigenvalue weighted by Gasteiger charge is -2.28. The Balaban J connectivity index is 1.55. The fourth-order valence-corrected chi connectivity index (χ4v) is 6.84. The number of benzene rings is 2. The van der Waals surface area contributed by atoms with Crippen LogP contribution in [0.4, 0.5) is 5.69 Å². The van der Waals surface area contributed by atoms with Gasteiger partial charge >= 0.3 is 0 Å². The number of anilines is 1. The predicted molar refractivity (Wildman–Crippen MR) is 141 cm³/mol. The van der Waals surface area contributed by atoms with E-state index in [0.29, 0.717) is 29.5 Å². The fourth-order valence-electron chi connectivity index (χ4n) is 3.98. The van der Waals surface area contributed by atoms with Crippen molar-refractivity contribution in [3.63, 3.8) is 0 Å². The van der Waals surface area contributed by atoms with Gasteiger partial charge in [-0.2, -0.15) is 4.31 Å². The summed E-state index contributed by atoms with van der Waals surface area (Å²) in [5.41, 5.74) is 1.09. The van der Waals surface area contributed by atoms with Gasteiger partial charge in [0.25, 0.3) is 0 Å². The topological polar surface area (TPSA) is 113 Å². The van der Waals surface area contributed by atoms with Gasteiger partial charge in [0.1, 0.15) is 18.4 Å². The number of nitrogens with one attached hydrogen (secondary N) is 1. The molecule has 1 heterocycles. The molecule has 1 aliphatic rings. The molecular weight excluding hydrogens is 526 g/mol. The molecule has 36 heavy (non-hydrogen) atoms. The smallest absolute Gasteiger partial charge is 0.243 e. The molecule has 0 unspecified atom stereocenters. The molecule has 12 heteroatoms. The van der Waals surface area contributed by atoms with E-state index in [1.165, 1.54) is 29.4 Å². The Hall–Kier alpha value is -2.34. The molecule has 0 aromatic heterocycles. The molecule has 2 aromatic rings. The van der Waals surface area contributed by atoms with E-state index in [2.05, 4.69) is 5.32 Å². The summed E-state index contributed by atoms with van der Waals surface area (Å²) >= 11 is 6.15. The first-order valence-electron chi connectivity index (χ1n) is 11.7. The SMILES string of the molecule is Cc1ccc(N([C@H](C)C(=O)NCCOc2ccc(S(=O)(=O)N3CCCCC3)cc2)S(C)(=O)=O)cc1Cl. The third-order valence-corrected chi connectivity index (χ3v) is 9.51. The summed E-state index contributed by atoms with van der Waals surface area (Å²) in [6.07, 6.45) is 3.81. The minimum absolute atomic E-state index is 0.117. The second-order valence-corrected chi connectivity index (χ2v) is 12.9. The highest BCUT2D eigenvalue weighted by molar-refractivity contribution is 7.92. The van der Waals surface area contributed by atoms with E-state index in [4.69, 9.17) is 16.3 Å². The average Bonchev–Trinajstić information content (AvgIpc) is 2.84. The number of piperidine rings is 1. The molecule has 0 radical (unpaired) electrons. The van der Waals surface area contributed by atoms with Gasteiger partial charge in [0, 0.05) is 18.1 Å². The number of aryl methyl sites for hydroxylation is 1. The Morgan fingerprint density at radius 3 is 2.31 bits per heavy atom. The number of rotatable bonds is 10. The quantitative estimate of drug-likeness (QED) is 0.449. The lowest BCUT2D eigenvalue weighted by atomic mass is 10.2. The second kappa shape index (κ2) is 11.8. The molecule has 1 amide bonds. The maximum Gasteiger partial charge on any atom is 0.243 e. The van der Waals surface area contributed by atoms with Crippen LogP contribution in [0.2, 0.25) is 5.02 Å². The Labute approximate surface area is 218 Å². The molecule has 1 atom stereocenters. The van der Waals surface area contributed by atoms with E-state index in [0.717, 1.165) is 35.4 Å². The first-order chi connectivity index (χ1) is 16.9. The van der Waals surface area contributed by atoms with Crippen LogP contribution in [0.3, 0.4) is 0 Å². The third kappa shape index (κ3) is 6.90. The van der Waals surface area contributed by atoms with Crippen LogP contribution in [0, 0.1) is 6.92 Å². The van der Waals surface area contributed by atoms with E-state index in [-0.39, 0.29) is 18.0 Å². The first kappa shape index (κ1) is 28.2. The largest absolute Gasteiger partial charge is 0.492 e. The standard InChI is InChI=1S/C24H32ClN3O6S2/c1-18-7-8-20(17-23(18)25)28(35(3,30)31)19(2)24(29)26-13-16-34-21-9-11-22(12-10-21)36(32,33)27-14-5-4-6-15-27/h7-12,17,19H,4-6,13-16H2,1-3H3,(H,26,29)/t19-/m1/s1. The van der Waals surface area contributed by atoms with E-state index in [1.54, 1.807) is 31.2 Å². The van der Waals surface area contributed by atoms with Crippen LogP contribution >= 0.6 is 11.6 Å². The normalized spacial score (nSPS) is 15.8. The molecule has 9 nitrogen and oxygen atoms in total. The minimum atomic E-state index is -3.76. The van der Waals surface area contributed by atoms with Gasteiger partial charge in [0.05, 0.1) is 23.4 Å². The van der Waals surface area contributed by atoms with Crippen LogP contribution in [-0.2, 0) is 24.8 Å². The number of halogens is 1. The number of sulfonamides is 2. The van der Waals surface area contributed by atoms with Crippen LogP contribution in [0.15, 0.2) is 47.4 Å². The lowest BCUT2D eigenvalue weighted by Crippen LogP contribution is -2.48. The number of nitrogens with zero attached hydrogens (tertiary/aromatic N) is 2. The first-order valence-corrected chi connectivity index (χ1v) is 15.3. The van der Waals surface area contributed by atoms with Gasteiger partial charge in [-0.3, -0.25) is 9.10 Å². The van der Waals surface area contributed by atoms with Gasteiger partial charge in [0.15, 0.2) is 0 Å². The molecule has 198 valence electrons. The van der Waals surface area contributed by atoms with Crippen molar-refractivity contribution in [2.75, 3.05) is 36.8 Å². The van der Waals surface area contributed by atoms with Crippen LogP contribution in [0.1, 0.15) is 31.7 Å². The third-order valence-electron chi connectivity index (χ3n) is 5.94. The highest BCUT2D eigenvalue weighted by Gasteiger charge is 2.29. The number of hydrogen-bond acceptors (Lipinski definition) is 6. The second-order valence-electron chi connectivity index (χ2n) is 8.74. The van der Waals surface area contributed by atoms with Crippen LogP contribution in [-0.4, -0.2) is 65.6 Å². The van der Waals surface area contributed by atoms with Gasteiger partial charge in [0.2, 0.25) is 26.0 Å². The Morgan fingerprint density at radius 2 is 1.72 bits per heavy atom. The molecule has 0 spiro atoms. The van der Waals surface area contributed by atoms with E-state index < -0.39 is 32.0 Å². The van der Waals surface area contributed by atoms with E-state index in [9.17, 15) is 21.6 Å². The molecule has 1 N–H and O–H groups in total. The number of hydrogen-bond donors (Lipinski definition) is 1. The van der Waals surface area contributed by atoms with Crippen molar-refractivity contribution in [1.29, 1.82) is 0 Å². The fraction of sp³-hybridized carbons (Fsp3) is 0.458. The molecule has 2 aromatic carbocycles. The maximum atomic E-state index is 12.7. The molecule has 0 saturated carbocycles. The summed E-state index contributed by atoms with van der Waals surface area (Å²) < 4.78 is 58.5. The zero-order valence-electron chi connectivity index (χ0n) is 20.6. The summed E-state index contributed by atoms with van der Waals surface area (Å²) in [6.45, 7) is 4.61. The monoisotopic (exact) mass is 557 g/mol. The molecule has 1 fully saturated rings. The predicted octanol–water partition coefficient (Wildman–Crippen LogP) is 3.17. The van der Waals surface area contributed by atoms with Gasteiger partial charge in [-0.15, -0.1) is 0 Å². The van der Waals surface area contributed by atoms with Crippen molar-refractivity contribution in [2.45, 2.75) is 44.0 Å². The van der Waals surface area contributed by atoms with Crippen molar-refractivity contribution in [3.05, 3.63) is 53.1 Å². The number of carbonyl (C=O) groups excluding carboxylic acids is 1. The number of carbonyl (C=O) groups is 1. The minimum Gasteiger partial charge on any atom is -0.492 e. The molecule has 0 aliphatic carbocycles. The zero-order valence-corrected chi connectivity index (χ0v) is 23.0.